The first kappa shape index (κ1) is 13.8. The Labute approximate surface area is 118 Å². The molecule has 0 radical (unpaired) electrons. The first-order chi connectivity index (χ1) is 9.35. The van der Waals surface area contributed by atoms with Crippen molar-refractivity contribution in [1.82, 2.24) is 10.2 Å². The van der Waals surface area contributed by atoms with E-state index in [0.29, 0.717) is 6.10 Å². The second-order valence-corrected chi connectivity index (χ2v) is 6.83. The first-order valence-corrected chi connectivity index (χ1v) is 8.35. The lowest BCUT2D eigenvalue weighted by molar-refractivity contribution is 0.0310. The van der Waals surface area contributed by atoms with Gasteiger partial charge in [-0.2, -0.15) is 0 Å². The maximum atomic E-state index is 5.48. The lowest BCUT2D eigenvalue weighted by atomic mass is 9.90. The minimum atomic E-state index is 0.536. The van der Waals surface area contributed by atoms with E-state index in [1.165, 1.54) is 71.0 Å². The molecule has 0 bridgehead atoms. The molecule has 110 valence electrons. The van der Waals surface area contributed by atoms with Crippen molar-refractivity contribution in [3.05, 3.63) is 0 Å². The highest BCUT2D eigenvalue weighted by Crippen LogP contribution is 2.29. The van der Waals surface area contributed by atoms with E-state index in [2.05, 4.69) is 10.2 Å². The molecule has 1 heterocycles. The van der Waals surface area contributed by atoms with Crippen LogP contribution in [0, 0.1) is 5.92 Å². The van der Waals surface area contributed by atoms with Gasteiger partial charge in [-0.1, -0.05) is 0 Å². The molecule has 0 amide bonds. The van der Waals surface area contributed by atoms with Gasteiger partial charge in [0.25, 0.3) is 0 Å². The maximum Gasteiger partial charge on any atom is 0.0572 e. The van der Waals surface area contributed by atoms with Crippen molar-refractivity contribution < 1.29 is 4.74 Å². The van der Waals surface area contributed by atoms with E-state index in [0.717, 1.165) is 18.0 Å². The van der Waals surface area contributed by atoms with Crippen molar-refractivity contribution in [2.24, 2.45) is 5.92 Å². The van der Waals surface area contributed by atoms with Gasteiger partial charge in [-0.25, -0.2) is 0 Å². The maximum absolute atomic E-state index is 5.48. The summed E-state index contributed by atoms with van der Waals surface area (Å²) in [4.78, 5) is 2.75. The molecule has 19 heavy (non-hydrogen) atoms. The van der Waals surface area contributed by atoms with Gasteiger partial charge in [-0.15, -0.1) is 0 Å². The van der Waals surface area contributed by atoms with Gasteiger partial charge in [0.1, 0.15) is 0 Å². The summed E-state index contributed by atoms with van der Waals surface area (Å²) in [5, 5.41) is 3.78. The van der Waals surface area contributed by atoms with E-state index in [1.807, 2.05) is 7.11 Å². The van der Waals surface area contributed by atoms with Crippen LogP contribution in [0.2, 0.25) is 0 Å². The Morgan fingerprint density at radius 2 is 1.63 bits per heavy atom. The number of piperidine rings is 1. The minimum absolute atomic E-state index is 0.536. The number of hydrogen-bond acceptors (Lipinski definition) is 3. The number of likely N-dealkylation sites (tertiary alicyclic amines) is 1. The molecule has 0 aromatic carbocycles. The molecule has 1 N–H and O–H groups in total. The number of hydrogen-bond donors (Lipinski definition) is 1. The Kier molecular flexibility index (Phi) is 4.78. The molecule has 2 saturated carbocycles. The predicted octanol–water partition coefficient (Wildman–Crippen LogP) is 2.41. The van der Waals surface area contributed by atoms with Gasteiger partial charge in [0.15, 0.2) is 0 Å². The number of methoxy groups -OCH3 is 1. The highest BCUT2D eigenvalue weighted by Gasteiger charge is 2.29. The van der Waals surface area contributed by atoms with E-state index in [-0.39, 0.29) is 0 Å². The lowest BCUT2D eigenvalue weighted by Crippen LogP contribution is -2.48. The Morgan fingerprint density at radius 3 is 2.21 bits per heavy atom. The third-order valence-electron chi connectivity index (χ3n) is 5.42. The quantitative estimate of drug-likeness (QED) is 0.827. The molecule has 3 heteroatoms. The second-order valence-electron chi connectivity index (χ2n) is 6.83. The Balaban J connectivity index is 1.35. The monoisotopic (exact) mass is 266 g/mol. The van der Waals surface area contributed by atoms with Gasteiger partial charge < -0.3 is 15.0 Å². The molecule has 1 saturated heterocycles. The molecule has 2 aliphatic carbocycles. The van der Waals surface area contributed by atoms with Crippen molar-refractivity contribution in [3.63, 3.8) is 0 Å². The smallest absolute Gasteiger partial charge is 0.0572 e. The molecule has 0 spiro atoms. The Morgan fingerprint density at radius 1 is 0.947 bits per heavy atom. The molecule has 3 rings (SSSR count). The normalized spacial score (nSPS) is 34.6. The van der Waals surface area contributed by atoms with Crippen molar-refractivity contribution in [1.29, 1.82) is 0 Å². The lowest BCUT2D eigenvalue weighted by Gasteiger charge is -2.40. The van der Waals surface area contributed by atoms with Crippen LogP contribution in [0.5, 0.6) is 0 Å². The van der Waals surface area contributed by atoms with Crippen LogP contribution in [0.3, 0.4) is 0 Å². The van der Waals surface area contributed by atoms with Crippen LogP contribution in [0.4, 0.5) is 0 Å². The average molecular weight is 266 g/mol. The zero-order chi connectivity index (χ0) is 13.1. The number of nitrogens with one attached hydrogen (secondary N) is 1. The van der Waals surface area contributed by atoms with Crippen LogP contribution in [0.25, 0.3) is 0 Å². The van der Waals surface area contributed by atoms with E-state index in [1.54, 1.807) is 0 Å². The summed E-state index contributed by atoms with van der Waals surface area (Å²) in [6.07, 6.45) is 11.4. The summed E-state index contributed by atoms with van der Waals surface area (Å²) in [5.74, 6) is 1.02. The summed E-state index contributed by atoms with van der Waals surface area (Å²) in [6, 6.07) is 1.64. The fourth-order valence-electron chi connectivity index (χ4n) is 3.77. The van der Waals surface area contributed by atoms with Gasteiger partial charge in [-0.3, -0.25) is 0 Å². The van der Waals surface area contributed by atoms with Crippen LogP contribution in [0.15, 0.2) is 0 Å². The molecular weight excluding hydrogens is 236 g/mol. The standard InChI is InChI=1S/C16H30N2O/c1-19-16-6-4-15(5-7-16)18-10-8-14(9-11-18)17-12-13-2-3-13/h13-17H,2-12H2,1H3. The van der Waals surface area contributed by atoms with Crippen LogP contribution in [-0.4, -0.2) is 49.8 Å². The van der Waals surface area contributed by atoms with E-state index < -0.39 is 0 Å². The van der Waals surface area contributed by atoms with Crippen molar-refractivity contribution in [3.8, 4) is 0 Å². The summed E-state index contributed by atoms with van der Waals surface area (Å²) in [5.41, 5.74) is 0. The Hall–Kier alpha value is -0.120. The number of rotatable bonds is 5. The van der Waals surface area contributed by atoms with Crippen molar-refractivity contribution in [2.75, 3.05) is 26.7 Å². The van der Waals surface area contributed by atoms with E-state index >= 15 is 0 Å². The molecule has 3 fully saturated rings. The Bertz CT molecular complexity index is 264. The van der Waals surface area contributed by atoms with Crippen LogP contribution >= 0.6 is 0 Å². The van der Waals surface area contributed by atoms with Gasteiger partial charge in [-0.05, 0) is 76.9 Å². The highest BCUT2D eigenvalue weighted by atomic mass is 16.5. The van der Waals surface area contributed by atoms with Gasteiger partial charge in [0.2, 0.25) is 0 Å². The predicted molar refractivity (Wildman–Crippen MR) is 78.4 cm³/mol. The zero-order valence-corrected chi connectivity index (χ0v) is 12.4. The topological polar surface area (TPSA) is 24.5 Å². The van der Waals surface area contributed by atoms with Crippen LogP contribution < -0.4 is 5.32 Å². The number of nitrogens with zero attached hydrogens (tertiary/aromatic N) is 1. The van der Waals surface area contributed by atoms with Gasteiger partial charge in [0.05, 0.1) is 6.10 Å². The molecule has 1 aliphatic heterocycles. The molecule has 0 aromatic rings. The van der Waals surface area contributed by atoms with Crippen molar-refractivity contribution >= 4 is 0 Å². The zero-order valence-electron chi connectivity index (χ0n) is 12.4. The van der Waals surface area contributed by atoms with Gasteiger partial charge in [0, 0.05) is 19.2 Å². The van der Waals surface area contributed by atoms with Crippen molar-refractivity contribution in [2.45, 2.75) is 69.6 Å². The number of ether oxygens (including phenoxy) is 1. The fraction of sp³-hybridized carbons (Fsp3) is 1.00. The SMILES string of the molecule is COC1CCC(N2CCC(NCC3CC3)CC2)CC1. The fourth-order valence-corrected chi connectivity index (χ4v) is 3.77. The summed E-state index contributed by atoms with van der Waals surface area (Å²) in [7, 11) is 1.86. The van der Waals surface area contributed by atoms with Crippen LogP contribution in [-0.2, 0) is 4.74 Å². The molecule has 0 unspecified atom stereocenters. The minimum Gasteiger partial charge on any atom is -0.381 e. The molecule has 0 atom stereocenters. The molecule has 0 aromatic heterocycles. The molecule has 3 nitrogen and oxygen atoms in total. The van der Waals surface area contributed by atoms with E-state index in [9.17, 15) is 0 Å². The van der Waals surface area contributed by atoms with E-state index in [4.69, 9.17) is 4.74 Å². The second kappa shape index (κ2) is 6.55. The summed E-state index contributed by atoms with van der Waals surface area (Å²) >= 11 is 0. The third-order valence-corrected chi connectivity index (χ3v) is 5.42. The highest BCUT2D eigenvalue weighted by molar-refractivity contribution is 4.86. The first-order valence-electron chi connectivity index (χ1n) is 8.35. The summed E-state index contributed by atoms with van der Waals surface area (Å²) in [6.45, 7) is 3.90. The third kappa shape index (κ3) is 3.93. The summed E-state index contributed by atoms with van der Waals surface area (Å²) < 4.78 is 5.48. The van der Waals surface area contributed by atoms with Gasteiger partial charge >= 0.3 is 0 Å². The molecular formula is C16H30N2O. The molecule has 3 aliphatic rings. The van der Waals surface area contributed by atoms with Crippen LogP contribution in [0.1, 0.15) is 51.4 Å². The average Bonchev–Trinajstić information content (AvgIpc) is 3.30. The largest absolute Gasteiger partial charge is 0.381 e.